The molecule has 0 radical (unpaired) electrons. The lowest BCUT2D eigenvalue weighted by Gasteiger charge is -2.21. The summed E-state index contributed by atoms with van der Waals surface area (Å²) in [5, 5.41) is 0. The number of nitrogens with zero attached hydrogens (tertiary/aromatic N) is 2. The number of likely N-dealkylation sites (N-methyl/N-ethyl adjacent to an activating group) is 1. The lowest BCUT2D eigenvalue weighted by atomic mass is 9.83. The van der Waals surface area contributed by atoms with E-state index in [1.807, 2.05) is 7.05 Å². The molecule has 2 nitrogen and oxygen atoms in total. The standard InChI is InChI=1S/C13H22N2/c1-7-8-10-11(13(2,3)4)9-15(6)12(10)14-5/h8-9H,7H2,1-6H3/b10-8-,14-12?. The second-order valence-corrected chi connectivity index (χ2v) is 4.98. The van der Waals surface area contributed by atoms with Gasteiger partial charge in [-0.15, -0.1) is 0 Å². The van der Waals surface area contributed by atoms with Gasteiger partial charge in [-0.2, -0.15) is 0 Å². The predicted molar refractivity (Wildman–Crippen MR) is 67.0 cm³/mol. The summed E-state index contributed by atoms with van der Waals surface area (Å²) in [7, 11) is 3.92. The molecule has 1 heterocycles. The van der Waals surface area contributed by atoms with Crippen molar-refractivity contribution in [1.82, 2.24) is 4.90 Å². The summed E-state index contributed by atoms with van der Waals surface area (Å²) in [4.78, 5) is 6.47. The fourth-order valence-corrected chi connectivity index (χ4v) is 1.92. The maximum absolute atomic E-state index is 4.35. The Morgan fingerprint density at radius 2 is 2.00 bits per heavy atom. The smallest absolute Gasteiger partial charge is 0.134 e. The molecule has 1 rings (SSSR count). The van der Waals surface area contributed by atoms with Gasteiger partial charge >= 0.3 is 0 Å². The SMILES string of the molecule is CC/C=C1/C(C(C)(C)C)=CN(C)C1=NC. The third-order valence-electron chi connectivity index (χ3n) is 2.62. The predicted octanol–water partition coefficient (Wildman–Crippen LogP) is 3.23. The molecule has 0 spiro atoms. The van der Waals surface area contributed by atoms with E-state index >= 15 is 0 Å². The van der Waals surface area contributed by atoms with Crippen molar-refractivity contribution in [3.05, 3.63) is 23.4 Å². The van der Waals surface area contributed by atoms with Gasteiger partial charge in [0, 0.05) is 25.9 Å². The third kappa shape index (κ3) is 2.31. The summed E-state index contributed by atoms with van der Waals surface area (Å²) in [6.45, 7) is 8.90. The molecule has 0 amide bonds. The van der Waals surface area contributed by atoms with E-state index < -0.39 is 0 Å². The van der Waals surface area contributed by atoms with Crippen molar-refractivity contribution >= 4 is 5.84 Å². The first-order valence-corrected chi connectivity index (χ1v) is 5.54. The van der Waals surface area contributed by atoms with E-state index in [1.54, 1.807) is 0 Å². The number of hydrogen-bond donors (Lipinski definition) is 0. The number of allylic oxidation sites excluding steroid dienone is 1. The molecule has 2 heteroatoms. The molecular formula is C13H22N2. The minimum absolute atomic E-state index is 0.182. The Balaban J connectivity index is 3.19. The quantitative estimate of drug-likeness (QED) is 0.643. The molecule has 84 valence electrons. The van der Waals surface area contributed by atoms with Crippen LogP contribution in [0.5, 0.6) is 0 Å². The van der Waals surface area contributed by atoms with Crippen LogP contribution >= 0.6 is 0 Å². The average Bonchev–Trinajstić information content (AvgIpc) is 2.42. The Morgan fingerprint density at radius 3 is 2.40 bits per heavy atom. The highest BCUT2D eigenvalue weighted by atomic mass is 15.2. The highest BCUT2D eigenvalue weighted by Gasteiger charge is 2.30. The summed E-state index contributed by atoms with van der Waals surface area (Å²) in [5.74, 6) is 1.08. The highest BCUT2D eigenvalue weighted by Crippen LogP contribution is 2.36. The maximum Gasteiger partial charge on any atom is 0.134 e. The topological polar surface area (TPSA) is 15.6 Å². The maximum atomic E-state index is 4.35. The van der Waals surface area contributed by atoms with Gasteiger partial charge in [0.05, 0.1) is 0 Å². The zero-order valence-electron chi connectivity index (χ0n) is 10.8. The fourth-order valence-electron chi connectivity index (χ4n) is 1.92. The minimum atomic E-state index is 0.182. The van der Waals surface area contributed by atoms with Gasteiger partial charge in [-0.3, -0.25) is 4.99 Å². The number of amidine groups is 1. The Morgan fingerprint density at radius 1 is 1.40 bits per heavy atom. The summed E-state index contributed by atoms with van der Waals surface area (Å²) < 4.78 is 0. The molecule has 0 aliphatic carbocycles. The molecule has 0 aromatic carbocycles. The van der Waals surface area contributed by atoms with Crippen molar-refractivity contribution in [2.45, 2.75) is 34.1 Å². The van der Waals surface area contributed by atoms with Crippen molar-refractivity contribution in [1.29, 1.82) is 0 Å². The molecule has 0 bridgehead atoms. The van der Waals surface area contributed by atoms with Crippen LogP contribution in [-0.2, 0) is 0 Å². The minimum Gasteiger partial charge on any atom is -0.336 e. The number of rotatable bonds is 1. The van der Waals surface area contributed by atoms with E-state index in [-0.39, 0.29) is 5.41 Å². The van der Waals surface area contributed by atoms with Crippen LogP contribution in [-0.4, -0.2) is 24.8 Å². The second-order valence-electron chi connectivity index (χ2n) is 4.98. The monoisotopic (exact) mass is 206 g/mol. The summed E-state index contributed by atoms with van der Waals surface area (Å²) in [6.07, 6.45) is 5.52. The lowest BCUT2D eigenvalue weighted by Crippen LogP contribution is -2.18. The molecule has 0 aromatic rings. The van der Waals surface area contributed by atoms with Gasteiger partial charge in [0.1, 0.15) is 5.84 Å². The van der Waals surface area contributed by atoms with Crippen molar-refractivity contribution in [3.8, 4) is 0 Å². The zero-order valence-corrected chi connectivity index (χ0v) is 10.8. The first kappa shape index (κ1) is 12.0. The van der Waals surface area contributed by atoms with E-state index in [9.17, 15) is 0 Å². The van der Waals surface area contributed by atoms with Crippen molar-refractivity contribution < 1.29 is 0 Å². The Bertz CT molecular complexity index is 327. The average molecular weight is 206 g/mol. The molecule has 1 aliphatic heterocycles. The van der Waals surface area contributed by atoms with Crippen LogP contribution in [0, 0.1) is 5.41 Å². The Hall–Kier alpha value is -1.05. The highest BCUT2D eigenvalue weighted by molar-refractivity contribution is 6.05. The van der Waals surface area contributed by atoms with E-state index in [4.69, 9.17) is 0 Å². The van der Waals surface area contributed by atoms with E-state index in [2.05, 4.69) is 56.9 Å². The zero-order chi connectivity index (χ0) is 11.6. The third-order valence-corrected chi connectivity index (χ3v) is 2.62. The van der Waals surface area contributed by atoms with Crippen LogP contribution in [0.4, 0.5) is 0 Å². The van der Waals surface area contributed by atoms with Crippen LogP contribution in [0.3, 0.4) is 0 Å². The Labute approximate surface area is 93.4 Å². The van der Waals surface area contributed by atoms with Gasteiger partial charge in [-0.1, -0.05) is 33.8 Å². The van der Waals surface area contributed by atoms with E-state index in [1.165, 1.54) is 11.1 Å². The first-order valence-electron chi connectivity index (χ1n) is 5.54. The fraction of sp³-hybridized carbons (Fsp3) is 0.615. The molecule has 0 aromatic heterocycles. The van der Waals surface area contributed by atoms with Gasteiger partial charge in [0.25, 0.3) is 0 Å². The molecule has 0 saturated heterocycles. The van der Waals surface area contributed by atoms with Crippen LogP contribution in [0.25, 0.3) is 0 Å². The summed E-state index contributed by atoms with van der Waals surface area (Å²) in [5.41, 5.74) is 2.87. The van der Waals surface area contributed by atoms with Crippen LogP contribution in [0.1, 0.15) is 34.1 Å². The summed E-state index contributed by atoms with van der Waals surface area (Å²) in [6, 6.07) is 0. The van der Waals surface area contributed by atoms with Crippen molar-refractivity contribution in [2.75, 3.05) is 14.1 Å². The normalized spacial score (nSPS) is 22.8. The largest absolute Gasteiger partial charge is 0.336 e. The van der Waals surface area contributed by atoms with Gasteiger partial charge in [-0.25, -0.2) is 0 Å². The van der Waals surface area contributed by atoms with Gasteiger partial charge in [0.2, 0.25) is 0 Å². The van der Waals surface area contributed by atoms with Crippen molar-refractivity contribution in [2.24, 2.45) is 10.4 Å². The lowest BCUT2D eigenvalue weighted by molar-refractivity contribution is 0.510. The van der Waals surface area contributed by atoms with Crippen molar-refractivity contribution in [3.63, 3.8) is 0 Å². The molecule has 0 atom stereocenters. The number of aliphatic imine (C=N–C) groups is 1. The van der Waals surface area contributed by atoms with Crippen LogP contribution < -0.4 is 0 Å². The summed E-state index contributed by atoms with van der Waals surface area (Å²) >= 11 is 0. The van der Waals surface area contributed by atoms with Crippen LogP contribution in [0.15, 0.2) is 28.4 Å². The molecule has 0 N–H and O–H groups in total. The molecule has 0 unspecified atom stereocenters. The molecular weight excluding hydrogens is 184 g/mol. The van der Waals surface area contributed by atoms with Gasteiger partial charge in [0.15, 0.2) is 0 Å². The Kier molecular flexibility index (Phi) is 3.38. The first-order chi connectivity index (χ1) is 6.91. The van der Waals surface area contributed by atoms with E-state index in [0.29, 0.717) is 0 Å². The van der Waals surface area contributed by atoms with Gasteiger partial charge < -0.3 is 4.90 Å². The molecule has 1 aliphatic rings. The van der Waals surface area contributed by atoms with E-state index in [0.717, 1.165) is 12.3 Å². The molecule has 0 saturated carbocycles. The van der Waals surface area contributed by atoms with Crippen LogP contribution in [0.2, 0.25) is 0 Å². The molecule has 15 heavy (non-hydrogen) atoms. The molecule has 0 fully saturated rings. The second kappa shape index (κ2) is 4.21. The number of hydrogen-bond acceptors (Lipinski definition) is 1. The van der Waals surface area contributed by atoms with Gasteiger partial charge in [-0.05, 0) is 17.4 Å².